The molecule has 8 heteroatoms. The third-order valence-corrected chi connectivity index (χ3v) is 5.37. The zero-order chi connectivity index (χ0) is 18.4. The molecule has 0 bridgehead atoms. The normalized spacial score (nSPS) is 16.5. The van der Waals surface area contributed by atoms with Crippen molar-refractivity contribution in [1.29, 1.82) is 0 Å². The Morgan fingerprint density at radius 3 is 2.73 bits per heavy atom. The minimum absolute atomic E-state index is 0.285. The molecule has 140 valence electrons. The standard InChI is InChI=1S/C18H23FN4O2S/c1-2-7-23-17(14-3-5-15(19)6-4-14)20-21-18(23)26-13-16(24)12-22-8-10-25-11-9-22/h2-6,16,24H,1,7-13H2/p+1/t16-/m1/s1. The molecule has 26 heavy (non-hydrogen) atoms. The third-order valence-electron chi connectivity index (χ3n) is 4.26. The molecule has 6 nitrogen and oxygen atoms in total. The van der Waals surface area contributed by atoms with Crippen molar-refractivity contribution in [2.24, 2.45) is 0 Å². The number of thioether (sulfide) groups is 1. The molecule has 0 radical (unpaired) electrons. The van der Waals surface area contributed by atoms with Gasteiger partial charge in [0.2, 0.25) is 0 Å². The van der Waals surface area contributed by atoms with Crippen molar-refractivity contribution in [3.05, 3.63) is 42.7 Å². The first-order valence-electron chi connectivity index (χ1n) is 8.69. The van der Waals surface area contributed by atoms with Gasteiger partial charge in [0.25, 0.3) is 0 Å². The van der Waals surface area contributed by atoms with Crippen molar-refractivity contribution in [3.63, 3.8) is 0 Å². The van der Waals surface area contributed by atoms with Gasteiger partial charge in [0, 0.05) is 17.9 Å². The molecule has 1 aliphatic rings. The lowest BCUT2D eigenvalue weighted by Crippen LogP contribution is -3.15. The van der Waals surface area contributed by atoms with Crippen LogP contribution >= 0.6 is 11.8 Å². The Morgan fingerprint density at radius 2 is 2.04 bits per heavy atom. The van der Waals surface area contributed by atoms with Crippen LogP contribution in [0.3, 0.4) is 0 Å². The number of quaternary nitrogens is 1. The fraction of sp³-hybridized carbons (Fsp3) is 0.444. The second-order valence-corrected chi connectivity index (χ2v) is 7.23. The molecule has 0 spiro atoms. The summed E-state index contributed by atoms with van der Waals surface area (Å²) in [6.45, 7) is 8.42. The van der Waals surface area contributed by atoms with Gasteiger partial charge in [-0.15, -0.1) is 16.8 Å². The van der Waals surface area contributed by atoms with Gasteiger partial charge in [-0.05, 0) is 24.3 Å². The third kappa shape index (κ3) is 4.91. The largest absolute Gasteiger partial charge is 0.386 e. The molecule has 2 heterocycles. The summed E-state index contributed by atoms with van der Waals surface area (Å²) in [6.07, 6.45) is 1.35. The summed E-state index contributed by atoms with van der Waals surface area (Å²) in [5, 5.41) is 19.6. The number of ether oxygens (including phenoxy) is 1. The number of benzene rings is 1. The highest BCUT2D eigenvalue weighted by Gasteiger charge is 2.20. The topological polar surface area (TPSA) is 64.6 Å². The van der Waals surface area contributed by atoms with E-state index >= 15 is 0 Å². The van der Waals surface area contributed by atoms with Crippen LogP contribution < -0.4 is 4.90 Å². The number of aliphatic hydroxyl groups is 1. The smallest absolute Gasteiger partial charge is 0.191 e. The highest BCUT2D eigenvalue weighted by molar-refractivity contribution is 7.99. The van der Waals surface area contributed by atoms with Crippen LogP contribution in [0.1, 0.15) is 0 Å². The maximum Gasteiger partial charge on any atom is 0.191 e. The minimum atomic E-state index is -0.420. The Bertz CT molecular complexity index is 716. The van der Waals surface area contributed by atoms with Gasteiger partial charge in [0.15, 0.2) is 11.0 Å². The monoisotopic (exact) mass is 379 g/mol. The van der Waals surface area contributed by atoms with Crippen LogP contribution in [0.4, 0.5) is 4.39 Å². The fourth-order valence-electron chi connectivity index (χ4n) is 2.93. The molecule has 2 N–H and O–H groups in total. The summed E-state index contributed by atoms with van der Waals surface area (Å²) >= 11 is 1.48. The number of morpholine rings is 1. The second kappa shape index (κ2) is 9.27. The van der Waals surface area contributed by atoms with Crippen LogP contribution in [0.5, 0.6) is 0 Å². The lowest BCUT2D eigenvalue weighted by Gasteiger charge is -2.25. The van der Waals surface area contributed by atoms with E-state index < -0.39 is 6.10 Å². The number of nitrogens with zero attached hydrogens (tertiary/aromatic N) is 3. The summed E-state index contributed by atoms with van der Waals surface area (Å²) in [5.74, 6) is 0.927. The van der Waals surface area contributed by atoms with Gasteiger partial charge >= 0.3 is 0 Å². The van der Waals surface area contributed by atoms with Crippen LogP contribution in [0.25, 0.3) is 11.4 Å². The molecule has 1 aliphatic heterocycles. The molecule has 0 saturated carbocycles. The SMILES string of the molecule is C=CCn1c(SC[C@H](O)C[NH+]2CCOCC2)nnc1-c1ccc(F)cc1. The number of nitrogens with one attached hydrogen (secondary N) is 1. The highest BCUT2D eigenvalue weighted by Crippen LogP contribution is 2.24. The number of hydrogen-bond donors (Lipinski definition) is 2. The van der Waals surface area contributed by atoms with Gasteiger partial charge in [0.1, 0.15) is 31.6 Å². The predicted octanol–water partition coefficient (Wildman–Crippen LogP) is 0.638. The van der Waals surface area contributed by atoms with Crippen LogP contribution in [-0.2, 0) is 11.3 Å². The van der Waals surface area contributed by atoms with E-state index in [4.69, 9.17) is 4.74 Å². The zero-order valence-corrected chi connectivity index (χ0v) is 15.4. The van der Waals surface area contributed by atoms with E-state index in [1.165, 1.54) is 28.8 Å². The lowest BCUT2D eigenvalue weighted by atomic mass is 10.2. The number of hydrogen-bond acceptors (Lipinski definition) is 5. The first-order chi connectivity index (χ1) is 12.7. The fourth-order valence-corrected chi connectivity index (χ4v) is 3.80. The van der Waals surface area contributed by atoms with E-state index in [0.29, 0.717) is 24.7 Å². The van der Waals surface area contributed by atoms with Crippen LogP contribution in [0.2, 0.25) is 0 Å². The summed E-state index contributed by atoms with van der Waals surface area (Å²) in [5.41, 5.74) is 0.797. The van der Waals surface area contributed by atoms with Gasteiger partial charge in [-0.25, -0.2) is 4.39 Å². The number of halogens is 1. The van der Waals surface area contributed by atoms with Crippen molar-refractivity contribution < 1.29 is 19.1 Å². The van der Waals surface area contributed by atoms with Gasteiger partial charge in [-0.3, -0.25) is 4.57 Å². The zero-order valence-electron chi connectivity index (χ0n) is 14.6. The van der Waals surface area contributed by atoms with Crippen LogP contribution in [0.15, 0.2) is 42.1 Å². The Labute approximate surface area is 156 Å². The van der Waals surface area contributed by atoms with Gasteiger partial charge < -0.3 is 14.7 Å². The predicted molar refractivity (Wildman–Crippen MR) is 98.7 cm³/mol. The van der Waals surface area contributed by atoms with E-state index in [-0.39, 0.29) is 5.82 Å². The van der Waals surface area contributed by atoms with E-state index in [2.05, 4.69) is 16.8 Å². The average Bonchev–Trinajstić information content (AvgIpc) is 3.05. The van der Waals surface area contributed by atoms with Gasteiger partial charge in [-0.2, -0.15) is 0 Å². The number of allylic oxidation sites excluding steroid dienone is 1. The second-order valence-electron chi connectivity index (χ2n) is 6.24. The van der Waals surface area contributed by atoms with E-state index in [0.717, 1.165) is 37.0 Å². The summed E-state index contributed by atoms with van der Waals surface area (Å²) < 4.78 is 20.4. The van der Waals surface area contributed by atoms with Crippen LogP contribution in [0, 0.1) is 5.82 Å². The van der Waals surface area contributed by atoms with Crippen molar-refractivity contribution in [2.45, 2.75) is 17.8 Å². The quantitative estimate of drug-likeness (QED) is 0.521. The summed E-state index contributed by atoms with van der Waals surface area (Å²) in [6, 6.07) is 6.18. The van der Waals surface area contributed by atoms with Crippen molar-refractivity contribution in [2.75, 3.05) is 38.6 Å². The number of aliphatic hydroxyl groups excluding tert-OH is 1. The molecule has 1 atom stereocenters. The molecule has 0 amide bonds. The Kier molecular flexibility index (Phi) is 6.79. The Morgan fingerprint density at radius 1 is 1.31 bits per heavy atom. The maximum atomic E-state index is 13.2. The molecule has 2 aromatic rings. The maximum absolute atomic E-state index is 13.2. The Balaban J connectivity index is 1.65. The van der Waals surface area contributed by atoms with E-state index in [1.54, 1.807) is 18.2 Å². The Hall–Kier alpha value is -1.74. The minimum Gasteiger partial charge on any atom is -0.386 e. The molecular weight excluding hydrogens is 355 g/mol. The van der Waals surface area contributed by atoms with Crippen molar-refractivity contribution >= 4 is 11.8 Å². The molecule has 3 rings (SSSR count). The molecule has 1 saturated heterocycles. The van der Waals surface area contributed by atoms with Crippen molar-refractivity contribution in [3.8, 4) is 11.4 Å². The lowest BCUT2D eigenvalue weighted by molar-refractivity contribution is -0.910. The molecule has 1 aromatic heterocycles. The van der Waals surface area contributed by atoms with Crippen molar-refractivity contribution in [1.82, 2.24) is 14.8 Å². The summed E-state index contributed by atoms with van der Waals surface area (Å²) in [7, 11) is 0. The van der Waals surface area contributed by atoms with E-state index in [1.807, 2.05) is 4.57 Å². The molecule has 0 unspecified atom stereocenters. The first-order valence-corrected chi connectivity index (χ1v) is 9.68. The molecule has 0 aliphatic carbocycles. The number of aromatic nitrogens is 3. The summed E-state index contributed by atoms with van der Waals surface area (Å²) in [4.78, 5) is 1.36. The number of rotatable bonds is 8. The molecule has 1 aromatic carbocycles. The highest BCUT2D eigenvalue weighted by atomic mass is 32.2. The van der Waals surface area contributed by atoms with Crippen LogP contribution in [-0.4, -0.2) is 64.6 Å². The average molecular weight is 379 g/mol. The first kappa shape index (κ1) is 19.0. The van der Waals surface area contributed by atoms with E-state index in [9.17, 15) is 9.50 Å². The molecule has 1 fully saturated rings. The van der Waals surface area contributed by atoms with Gasteiger partial charge in [0.05, 0.1) is 13.2 Å². The van der Waals surface area contributed by atoms with Gasteiger partial charge in [-0.1, -0.05) is 17.8 Å². The molecular formula is C18H24FN4O2S+.